The molecule has 0 aromatic carbocycles. The smallest absolute Gasteiger partial charge is 1.00 e. The van der Waals surface area contributed by atoms with E-state index in [1.54, 1.807) is 0 Å². The van der Waals surface area contributed by atoms with Gasteiger partial charge in [0.2, 0.25) is 0 Å². The van der Waals surface area contributed by atoms with Gasteiger partial charge in [-0.05, 0) is 6.42 Å². The summed E-state index contributed by atoms with van der Waals surface area (Å²) in [5.74, 6) is 0. The van der Waals surface area contributed by atoms with Crippen molar-refractivity contribution in [3.63, 3.8) is 0 Å². The van der Waals surface area contributed by atoms with Crippen LogP contribution in [0.2, 0.25) is 0 Å². The standard InChI is InChI=1S/C3H8O.BrH.Mg.2H/c1-2-3-4;;;;/h4H,2-3H2,1H3;1H;;;/q;;+2;2*-1. The summed E-state index contributed by atoms with van der Waals surface area (Å²) in [5.41, 5.74) is 0. The van der Waals surface area contributed by atoms with E-state index in [2.05, 4.69) is 0 Å². The molecule has 0 aromatic rings. The van der Waals surface area contributed by atoms with Gasteiger partial charge >= 0.3 is 23.1 Å². The summed E-state index contributed by atoms with van der Waals surface area (Å²) in [4.78, 5) is 0. The minimum atomic E-state index is 0. The summed E-state index contributed by atoms with van der Waals surface area (Å²) in [7, 11) is 0. The van der Waals surface area contributed by atoms with Crippen molar-refractivity contribution in [1.29, 1.82) is 0 Å². The maximum absolute atomic E-state index is 7.88. The third-order valence-electron chi connectivity index (χ3n) is 0.224. The molecule has 0 saturated heterocycles. The third kappa shape index (κ3) is 18.9. The molecule has 38 valence electrons. The first-order valence-electron chi connectivity index (χ1n) is 1.52. The van der Waals surface area contributed by atoms with Crippen molar-refractivity contribution in [1.82, 2.24) is 0 Å². The zero-order valence-corrected chi connectivity index (χ0v) is 7.10. The molecule has 0 saturated carbocycles. The van der Waals surface area contributed by atoms with Crippen molar-refractivity contribution in [2.24, 2.45) is 0 Å². The molecule has 0 rings (SSSR count). The van der Waals surface area contributed by atoms with E-state index in [4.69, 9.17) is 5.11 Å². The average molecular weight is 167 g/mol. The van der Waals surface area contributed by atoms with Crippen molar-refractivity contribution in [3.05, 3.63) is 0 Å². The molecule has 0 unspecified atom stereocenters. The zero-order chi connectivity index (χ0) is 3.41. The molecule has 0 bridgehead atoms. The van der Waals surface area contributed by atoms with Gasteiger partial charge in [-0.15, -0.1) is 17.0 Å². The van der Waals surface area contributed by atoms with Gasteiger partial charge < -0.3 is 7.96 Å². The molecule has 0 atom stereocenters. The molecule has 3 heteroatoms. The Bertz CT molecular complexity index is 19.2. The molecule has 0 aliphatic heterocycles. The van der Waals surface area contributed by atoms with Crippen molar-refractivity contribution < 1.29 is 7.96 Å². The molecule has 0 fully saturated rings. The second kappa shape index (κ2) is 16.4. The first kappa shape index (κ1) is 15.7. The summed E-state index contributed by atoms with van der Waals surface area (Å²) < 4.78 is 0. The fraction of sp³-hybridized carbons (Fsp3) is 1.00. The van der Waals surface area contributed by atoms with Gasteiger partial charge in [-0.25, -0.2) is 0 Å². The third-order valence-corrected chi connectivity index (χ3v) is 0.224. The Hall–Kier alpha value is 1.21. The monoisotopic (exact) mass is 166 g/mol. The molecular weight excluding hydrogens is 156 g/mol. The van der Waals surface area contributed by atoms with Gasteiger partial charge in [-0.1, -0.05) is 6.92 Å². The van der Waals surface area contributed by atoms with E-state index < -0.39 is 0 Å². The van der Waals surface area contributed by atoms with Gasteiger partial charge in [0, 0.05) is 6.61 Å². The molecule has 0 aliphatic carbocycles. The Morgan fingerprint density at radius 3 is 1.83 bits per heavy atom. The minimum Gasteiger partial charge on any atom is -1.00 e. The van der Waals surface area contributed by atoms with E-state index in [1.807, 2.05) is 6.92 Å². The largest absolute Gasteiger partial charge is 2.00 e. The molecule has 0 aromatic heterocycles. The molecule has 1 nitrogen and oxygen atoms in total. The Kier molecular flexibility index (Phi) is 42.8. The van der Waals surface area contributed by atoms with Crippen LogP contribution in [0.15, 0.2) is 0 Å². The maximum atomic E-state index is 7.88. The number of aliphatic hydroxyl groups is 1. The summed E-state index contributed by atoms with van der Waals surface area (Å²) in [6.07, 6.45) is 0.875. The summed E-state index contributed by atoms with van der Waals surface area (Å²) >= 11 is 0. The van der Waals surface area contributed by atoms with Gasteiger partial charge in [-0.3, -0.25) is 0 Å². The second-order valence-corrected chi connectivity index (χ2v) is 0.724. The van der Waals surface area contributed by atoms with Crippen LogP contribution in [-0.4, -0.2) is 34.8 Å². The average Bonchev–Trinajstić information content (AvgIpc) is 1.37. The zero-order valence-electron chi connectivity index (χ0n) is 5.98. The van der Waals surface area contributed by atoms with E-state index >= 15 is 0 Å². The normalized spacial score (nSPS) is 5.00. The Morgan fingerprint density at radius 2 is 1.83 bits per heavy atom. The number of rotatable bonds is 1. The fourth-order valence-corrected chi connectivity index (χ4v) is 0. The van der Waals surface area contributed by atoms with Gasteiger partial charge in [-0.2, -0.15) is 0 Å². The van der Waals surface area contributed by atoms with E-state index in [1.165, 1.54) is 0 Å². The molecule has 6 heavy (non-hydrogen) atoms. The van der Waals surface area contributed by atoms with Crippen LogP contribution in [0.5, 0.6) is 0 Å². The van der Waals surface area contributed by atoms with E-state index in [9.17, 15) is 0 Å². The molecule has 1 N–H and O–H groups in total. The van der Waals surface area contributed by atoms with Gasteiger partial charge in [0.25, 0.3) is 0 Å². The van der Waals surface area contributed by atoms with E-state index in [0.29, 0.717) is 6.61 Å². The van der Waals surface area contributed by atoms with Gasteiger partial charge in [0.1, 0.15) is 0 Å². The van der Waals surface area contributed by atoms with Gasteiger partial charge in [0.05, 0.1) is 0 Å². The van der Waals surface area contributed by atoms with Crippen LogP contribution in [0.25, 0.3) is 0 Å². The van der Waals surface area contributed by atoms with Crippen LogP contribution >= 0.6 is 17.0 Å². The molecule has 0 heterocycles. The Labute approximate surface area is 68.0 Å². The quantitative estimate of drug-likeness (QED) is 0.573. The van der Waals surface area contributed by atoms with E-state index in [-0.39, 0.29) is 42.9 Å². The van der Waals surface area contributed by atoms with Crippen LogP contribution in [-0.2, 0) is 0 Å². The fourth-order valence-electron chi connectivity index (χ4n) is 0. The summed E-state index contributed by atoms with van der Waals surface area (Å²) in [5, 5.41) is 7.88. The van der Waals surface area contributed by atoms with Crippen molar-refractivity contribution in [3.8, 4) is 0 Å². The summed E-state index contributed by atoms with van der Waals surface area (Å²) in [6, 6.07) is 0. The molecule has 0 amide bonds. The number of hydrogen-bond acceptors (Lipinski definition) is 1. The first-order valence-corrected chi connectivity index (χ1v) is 1.52. The van der Waals surface area contributed by atoms with Crippen LogP contribution in [0.1, 0.15) is 16.2 Å². The van der Waals surface area contributed by atoms with Gasteiger partial charge in [0.15, 0.2) is 0 Å². The van der Waals surface area contributed by atoms with Crippen molar-refractivity contribution in [2.45, 2.75) is 13.3 Å². The number of hydrogen-bond donors (Lipinski definition) is 1. The Balaban J connectivity index is -0.00000000750. The molecular formula is C3H11BrMgO. The SMILES string of the molecule is Br.CCCO.[H-].[H-].[Mg+2]. The molecule has 0 spiro atoms. The minimum absolute atomic E-state index is 0. The predicted octanol–water partition coefficient (Wildman–Crippen LogP) is 0.811. The topological polar surface area (TPSA) is 20.2 Å². The summed E-state index contributed by atoms with van der Waals surface area (Å²) in [6.45, 7) is 2.25. The van der Waals surface area contributed by atoms with Crippen LogP contribution in [0.4, 0.5) is 0 Å². The first-order chi connectivity index (χ1) is 1.91. The predicted molar refractivity (Wildman–Crippen MR) is 35.7 cm³/mol. The maximum Gasteiger partial charge on any atom is 2.00 e. The Morgan fingerprint density at radius 1 is 1.67 bits per heavy atom. The number of aliphatic hydroxyl groups excluding tert-OH is 1. The van der Waals surface area contributed by atoms with Crippen LogP contribution in [0, 0.1) is 0 Å². The number of halogens is 1. The van der Waals surface area contributed by atoms with Crippen molar-refractivity contribution >= 4 is 40.0 Å². The second-order valence-electron chi connectivity index (χ2n) is 0.724. The van der Waals surface area contributed by atoms with Crippen molar-refractivity contribution in [2.75, 3.05) is 6.61 Å². The van der Waals surface area contributed by atoms with E-state index in [0.717, 1.165) is 6.42 Å². The van der Waals surface area contributed by atoms with Crippen LogP contribution in [0.3, 0.4) is 0 Å². The molecule has 0 aliphatic rings. The van der Waals surface area contributed by atoms with Crippen LogP contribution < -0.4 is 0 Å². The molecule has 0 radical (unpaired) electrons.